The van der Waals surface area contributed by atoms with Crippen LogP contribution < -0.4 is 0 Å². The number of aryl methyl sites for hydroxylation is 2. The molecule has 0 bridgehead atoms. The minimum atomic E-state index is 0.513. The summed E-state index contributed by atoms with van der Waals surface area (Å²) in [5.41, 5.74) is 6.14. The van der Waals surface area contributed by atoms with Crippen LogP contribution in [0.15, 0.2) is 48.5 Å². The van der Waals surface area contributed by atoms with Crippen LogP contribution in [-0.4, -0.2) is 0 Å². The molecule has 0 nitrogen and oxygen atoms in total. The van der Waals surface area contributed by atoms with Crippen LogP contribution in [0, 0.1) is 5.92 Å². The summed E-state index contributed by atoms with van der Waals surface area (Å²) in [7, 11) is 0. The van der Waals surface area contributed by atoms with Gasteiger partial charge in [-0.1, -0.05) is 64.5 Å². The van der Waals surface area contributed by atoms with Crippen molar-refractivity contribution in [2.24, 2.45) is 5.92 Å². The molecule has 0 N–H and O–H groups in total. The Labute approximate surface area is 129 Å². The Balaban J connectivity index is 1.53. The molecule has 0 heterocycles. The molecular formula is C19H19Br. The van der Waals surface area contributed by atoms with Gasteiger partial charge in [0.2, 0.25) is 0 Å². The first-order valence-electron chi connectivity index (χ1n) is 7.63. The Morgan fingerprint density at radius 2 is 1.75 bits per heavy atom. The fourth-order valence-corrected chi connectivity index (χ4v) is 4.50. The first-order valence-corrected chi connectivity index (χ1v) is 8.55. The maximum absolute atomic E-state index is 3.96. The molecule has 0 saturated heterocycles. The molecule has 1 saturated carbocycles. The molecule has 2 aliphatic carbocycles. The molecule has 3 unspecified atom stereocenters. The average molecular weight is 327 g/mol. The van der Waals surface area contributed by atoms with Gasteiger partial charge in [0.1, 0.15) is 0 Å². The molecule has 2 aromatic carbocycles. The van der Waals surface area contributed by atoms with Crippen molar-refractivity contribution in [1.82, 2.24) is 0 Å². The largest absolute Gasteiger partial charge is 0.0836 e. The molecule has 2 aliphatic rings. The van der Waals surface area contributed by atoms with Gasteiger partial charge in [0.05, 0.1) is 0 Å². The molecule has 1 heteroatoms. The Bertz CT molecular complexity index is 617. The Hall–Kier alpha value is -1.08. The van der Waals surface area contributed by atoms with Gasteiger partial charge < -0.3 is 0 Å². The number of hydrogen-bond donors (Lipinski definition) is 0. The molecule has 20 heavy (non-hydrogen) atoms. The van der Waals surface area contributed by atoms with E-state index in [0.717, 1.165) is 11.8 Å². The van der Waals surface area contributed by atoms with E-state index in [0.29, 0.717) is 4.83 Å². The summed E-state index contributed by atoms with van der Waals surface area (Å²) in [6.07, 6.45) is 5.20. The molecule has 0 radical (unpaired) electrons. The lowest BCUT2D eigenvalue weighted by molar-refractivity contribution is 0.785. The SMILES string of the molecule is BrC(c1ccc2c(c1)CCC2)C1CC1c1ccccc1. The van der Waals surface area contributed by atoms with Gasteiger partial charge in [-0.25, -0.2) is 0 Å². The zero-order valence-electron chi connectivity index (χ0n) is 11.6. The van der Waals surface area contributed by atoms with E-state index in [1.54, 1.807) is 11.1 Å². The topological polar surface area (TPSA) is 0 Å². The van der Waals surface area contributed by atoms with Gasteiger partial charge in [0.15, 0.2) is 0 Å². The van der Waals surface area contributed by atoms with Gasteiger partial charge in [-0.2, -0.15) is 0 Å². The summed E-state index contributed by atoms with van der Waals surface area (Å²) in [5.74, 6) is 1.51. The summed E-state index contributed by atoms with van der Waals surface area (Å²) in [6, 6.07) is 18.1. The predicted molar refractivity (Wildman–Crippen MR) is 87.4 cm³/mol. The van der Waals surface area contributed by atoms with Gasteiger partial charge in [-0.05, 0) is 59.8 Å². The highest BCUT2D eigenvalue weighted by Gasteiger charge is 2.43. The molecule has 0 spiro atoms. The molecule has 2 aromatic rings. The second kappa shape index (κ2) is 5.04. The fraction of sp³-hybridized carbons (Fsp3) is 0.368. The highest BCUT2D eigenvalue weighted by molar-refractivity contribution is 9.09. The monoisotopic (exact) mass is 326 g/mol. The maximum atomic E-state index is 3.96. The summed E-state index contributed by atoms with van der Waals surface area (Å²) in [6.45, 7) is 0. The highest BCUT2D eigenvalue weighted by Crippen LogP contribution is 2.57. The second-order valence-electron chi connectivity index (χ2n) is 6.20. The summed E-state index contributed by atoms with van der Waals surface area (Å²) in [5, 5.41) is 0. The predicted octanol–water partition coefficient (Wildman–Crippen LogP) is 5.42. The maximum Gasteiger partial charge on any atom is 0.0429 e. The van der Waals surface area contributed by atoms with Gasteiger partial charge in [-0.3, -0.25) is 0 Å². The quantitative estimate of drug-likeness (QED) is 0.661. The van der Waals surface area contributed by atoms with Crippen molar-refractivity contribution < 1.29 is 0 Å². The zero-order chi connectivity index (χ0) is 13.5. The normalized spacial score (nSPS) is 25.2. The highest BCUT2D eigenvalue weighted by atomic mass is 79.9. The van der Waals surface area contributed by atoms with E-state index in [1.807, 2.05) is 0 Å². The van der Waals surface area contributed by atoms with E-state index in [2.05, 4.69) is 64.5 Å². The van der Waals surface area contributed by atoms with Crippen molar-refractivity contribution in [1.29, 1.82) is 0 Å². The first kappa shape index (κ1) is 12.6. The van der Waals surface area contributed by atoms with Crippen LogP contribution in [0.4, 0.5) is 0 Å². The summed E-state index contributed by atoms with van der Waals surface area (Å²) < 4.78 is 0. The Morgan fingerprint density at radius 1 is 0.950 bits per heavy atom. The van der Waals surface area contributed by atoms with Crippen LogP contribution in [0.2, 0.25) is 0 Å². The zero-order valence-corrected chi connectivity index (χ0v) is 13.1. The lowest BCUT2D eigenvalue weighted by Gasteiger charge is -2.12. The third-order valence-electron chi connectivity index (χ3n) is 4.88. The van der Waals surface area contributed by atoms with E-state index in [1.165, 1.54) is 36.8 Å². The molecule has 102 valence electrons. The van der Waals surface area contributed by atoms with Gasteiger partial charge >= 0.3 is 0 Å². The fourth-order valence-electron chi connectivity index (χ4n) is 3.63. The van der Waals surface area contributed by atoms with Crippen LogP contribution in [0.25, 0.3) is 0 Å². The third kappa shape index (κ3) is 2.22. The van der Waals surface area contributed by atoms with Crippen LogP contribution in [0.5, 0.6) is 0 Å². The lowest BCUT2D eigenvalue weighted by atomic mass is 10.0. The van der Waals surface area contributed by atoms with Crippen molar-refractivity contribution in [3.8, 4) is 0 Å². The van der Waals surface area contributed by atoms with Crippen molar-refractivity contribution in [2.45, 2.75) is 36.4 Å². The molecule has 0 amide bonds. The summed E-state index contributed by atoms with van der Waals surface area (Å²) >= 11 is 3.96. The van der Waals surface area contributed by atoms with Crippen molar-refractivity contribution in [2.75, 3.05) is 0 Å². The van der Waals surface area contributed by atoms with Crippen LogP contribution in [0.1, 0.15) is 45.8 Å². The van der Waals surface area contributed by atoms with E-state index in [4.69, 9.17) is 0 Å². The van der Waals surface area contributed by atoms with Crippen LogP contribution >= 0.6 is 15.9 Å². The van der Waals surface area contributed by atoms with Crippen LogP contribution in [0.3, 0.4) is 0 Å². The molecule has 0 aliphatic heterocycles. The minimum absolute atomic E-state index is 0.513. The average Bonchev–Trinajstić information content (AvgIpc) is 3.17. The van der Waals surface area contributed by atoms with Crippen molar-refractivity contribution in [3.63, 3.8) is 0 Å². The number of rotatable bonds is 3. The van der Waals surface area contributed by atoms with E-state index in [-0.39, 0.29) is 0 Å². The van der Waals surface area contributed by atoms with Crippen LogP contribution in [-0.2, 0) is 12.8 Å². The Morgan fingerprint density at radius 3 is 2.60 bits per heavy atom. The molecular weight excluding hydrogens is 308 g/mol. The van der Waals surface area contributed by atoms with Crippen molar-refractivity contribution in [3.05, 3.63) is 70.8 Å². The smallest absolute Gasteiger partial charge is 0.0429 e. The van der Waals surface area contributed by atoms with E-state index in [9.17, 15) is 0 Å². The molecule has 0 aromatic heterocycles. The van der Waals surface area contributed by atoms with Gasteiger partial charge in [0, 0.05) is 4.83 Å². The molecule has 1 fully saturated rings. The minimum Gasteiger partial charge on any atom is -0.0836 e. The lowest BCUT2D eigenvalue weighted by Crippen LogP contribution is -1.96. The number of fused-ring (bicyclic) bond motifs is 1. The molecule has 3 atom stereocenters. The number of halogens is 1. The second-order valence-corrected chi connectivity index (χ2v) is 7.19. The van der Waals surface area contributed by atoms with Crippen molar-refractivity contribution >= 4 is 15.9 Å². The standard InChI is InChI=1S/C19H19Br/c20-19(16-10-9-13-7-4-8-15(13)11-16)18-12-17(18)14-5-2-1-3-6-14/h1-3,5-6,9-11,17-19H,4,7-8,12H2. The third-order valence-corrected chi connectivity index (χ3v) is 6.09. The Kier molecular flexibility index (Phi) is 3.18. The number of benzene rings is 2. The number of alkyl halides is 1. The van der Waals surface area contributed by atoms with E-state index >= 15 is 0 Å². The van der Waals surface area contributed by atoms with Gasteiger partial charge in [0.25, 0.3) is 0 Å². The first-order chi connectivity index (χ1) is 9.83. The summed E-state index contributed by atoms with van der Waals surface area (Å²) in [4.78, 5) is 0.513. The molecule has 4 rings (SSSR count). The van der Waals surface area contributed by atoms with E-state index < -0.39 is 0 Å². The van der Waals surface area contributed by atoms with Gasteiger partial charge in [-0.15, -0.1) is 0 Å². The number of hydrogen-bond acceptors (Lipinski definition) is 0.